The van der Waals surface area contributed by atoms with Gasteiger partial charge in [0, 0.05) is 0 Å². The van der Waals surface area contributed by atoms with E-state index < -0.39 is 0 Å². The summed E-state index contributed by atoms with van der Waals surface area (Å²) in [6.07, 6.45) is 10.3. The fourth-order valence-electron chi connectivity index (χ4n) is 0.486. The number of hydrogen-bond acceptors (Lipinski definition) is 1. The van der Waals surface area contributed by atoms with Crippen molar-refractivity contribution >= 4 is 21.7 Å². The molecule has 0 bridgehead atoms. The minimum atomic E-state index is -0.0643. The molecule has 11 heavy (non-hydrogen) atoms. The maximum atomic E-state index is 11.0. The van der Waals surface area contributed by atoms with Crippen LogP contribution in [0.4, 0.5) is 0 Å². The van der Waals surface area contributed by atoms with Crippen molar-refractivity contribution in [2.24, 2.45) is 0 Å². The molecule has 1 nitrogen and oxygen atoms in total. The quantitative estimate of drug-likeness (QED) is 0.303. The van der Waals surface area contributed by atoms with Gasteiger partial charge in [-0.2, -0.15) is 0 Å². The molecule has 58 valence electrons. The Morgan fingerprint density at radius 2 is 2.36 bits per heavy atom. The van der Waals surface area contributed by atoms with E-state index in [4.69, 9.17) is 6.42 Å². The Kier molecular flexibility index (Phi) is 5.50. The van der Waals surface area contributed by atoms with Gasteiger partial charge in [-0.15, -0.1) is 6.42 Å². The summed E-state index contributed by atoms with van der Waals surface area (Å²) in [5.41, 5.74) is 0.403. The molecule has 0 unspecified atom stereocenters. The van der Waals surface area contributed by atoms with Crippen molar-refractivity contribution in [2.75, 3.05) is 5.33 Å². The van der Waals surface area contributed by atoms with Gasteiger partial charge in [-0.25, -0.2) is 0 Å². The number of carbonyl (C=O) groups is 1. The second kappa shape index (κ2) is 5.94. The first kappa shape index (κ1) is 10.2. The fourth-order valence-corrected chi connectivity index (χ4v) is 0.788. The van der Waals surface area contributed by atoms with Crippen molar-refractivity contribution in [1.29, 1.82) is 0 Å². The van der Waals surface area contributed by atoms with Gasteiger partial charge >= 0.3 is 0 Å². The zero-order valence-corrected chi connectivity index (χ0v) is 7.89. The van der Waals surface area contributed by atoms with Crippen molar-refractivity contribution < 1.29 is 4.79 Å². The van der Waals surface area contributed by atoms with Crippen LogP contribution >= 0.6 is 15.9 Å². The molecule has 0 aliphatic heterocycles. The van der Waals surface area contributed by atoms with E-state index in [0.717, 1.165) is 0 Å². The predicted molar refractivity (Wildman–Crippen MR) is 50.5 cm³/mol. The third kappa shape index (κ3) is 3.79. The van der Waals surface area contributed by atoms with E-state index >= 15 is 0 Å². The summed E-state index contributed by atoms with van der Waals surface area (Å²) < 4.78 is 0. The maximum Gasteiger partial charge on any atom is 0.181 e. The maximum absolute atomic E-state index is 11.0. The van der Waals surface area contributed by atoms with E-state index in [-0.39, 0.29) is 11.1 Å². The number of allylic oxidation sites excluding steroid dienone is 4. The first-order valence-electron chi connectivity index (χ1n) is 3.15. The van der Waals surface area contributed by atoms with Crippen LogP contribution in [0.5, 0.6) is 0 Å². The lowest BCUT2D eigenvalue weighted by atomic mass is 10.2. The summed E-state index contributed by atoms with van der Waals surface area (Å²) in [5, 5.41) is 0.278. The molecule has 0 amide bonds. The van der Waals surface area contributed by atoms with Crippen molar-refractivity contribution in [3.05, 3.63) is 23.8 Å². The number of ketones is 1. The van der Waals surface area contributed by atoms with E-state index in [1.165, 1.54) is 0 Å². The van der Waals surface area contributed by atoms with Crippen LogP contribution in [0.25, 0.3) is 0 Å². The standard InChI is InChI=1S/C9H9BrO/c1-3-5-6-8(4-2)9(11)7-10/h2-3,5-6H,7H2,1H3/b5-3-,8-6+. The average molecular weight is 213 g/mol. The molecule has 0 atom stereocenters. The summed E-state index contributed by atoms with van der Waals surface area (Å²) in [5.74, 6) is 2.25. The van der Waals surface area contributed by atoms with Gasteiger partial charge in [-0.05, 0) is 13.0 Å². The van der Waals surface area contributed by atoms with Crippen molar-refractivity contribution in [2.45, 2.75) is 6.92 Å². The molecule has 0 spiro atoms. The van der Waals surface area contributed by atoms with Gasteiger partial charge in [0.25, 0.3) is 0 Å². The first-order chi connectivity index (χ1) is 5.26. The molecular weight excluding hydrogens is 204 g/mol. The number of rotatable bonds is 3. The van der Waals surface area contributed by atoms with Crippen molar-refractivity contribution in [3.63, 3.8) is 0 Å². The Bertz CT molecular complexity index is 230. The number of halogens is 1. The van der Waals surface area contributed by atoms with E-state index in [0.29, 0.717) is 5.57 Å². The molecule has 0 aliphatic carbocycles. The second-order valence-electron chi connectivity index (χ2n) is 1.81. The molecular formula is C9H9BrO. The molecule has 0 N–H and O–H groups in total. The van der Waals surface area contributed by atoms with Gasteiger partial charge in [0.1, 0.15) is 0 Å². The normalized spacial score (nSPS) is 11.5. The smallest absolute Gasteiger partial charge is 0.181 e. The fraction of sp³-hybridized carbons (Fsp3) is 0.222. The van der Waals surface area contributed by atoms with Gasteiger partial charge in [0.05, 0.1) is 10.9 Å². The molecule has 0 heterocycles. The Balaban J connectivity index is 4.43. The third-order valence-corrected chi connectivity index (χ3v) is 1.54. The van der Waals surface area contributed by atoms with Crippen molar-refractivity contribution in [3.8, 4) is 12.3 Å². The van der Waals surface area contributed by atoms with Crippen LogP contribution in [0.15, 0.2) is 23.8 Å². The number of terminal acetylenes is 1. The highest BCUT2D eigenvalue weighted by Crippen LogP contribution is 1.98. The highest BCUT2D eigenvalue weighted by molar-refractivity contribution is 9.09. The number of alkyl halides is 1. The highest BCUT2D eigenvalue weighted by atomic mass is 79.9. The largest absolute Gasteiger partial charge is 0.293 e. The molecule has 0 rings (SSSR count). The van der Waals surface area contributed by atoms with Crippen LogP contribution in [0.1, 0.15) is 6.92 Å². The zero-order chi connectivity index (χ0) is 8.69. The lowest BCUT2D eigenvalue weighted by molar-refractivity contribution is -0.112. The number of carbonyl (C=O) groups excluding carboxylic acids is 1. The minimum Gasteiger partial charge on any atom is -0.293 e. The van der Waals surface area contributed by atoms with Gasteiger partial charge in [0.2, 0.25) is 0 Å². The van der Waals surface area contributed by atoms with Crippen molar-refractivity contribution in [1.82, 2.24) is 0 Å². The summed E-state index contributed by atoms with van der Waals surface area (Å²) in [6, 6.07) is 0. The van der Waals surface area contributed by atoms with Crippen LogP contribution < -0.4 is 0 Å². The molecule has 0 radical (unpaired) electrons. The molecule has 0 saturated carbocycles. The van der Waals surface area contributed by atoms with Crippen LogP contribution in [-0.4, -0.2) is 11.1 Å². The molecule has 0 saturated heterocycles. The molecule has 2 heteroatoms. The third-order valence-electron chi connectivity index (χ3n) is 1.03. The topological polar surface area (TPSA) is 17.1 Å². The first-order valence-corrected chi connectivity index (χ1v) is 4.27. The molecule has 0 aromatic rings. The SMILES string of the molecule is C#C/C(=C\C=C/C)C(=O)CBr. The Labute approximate surface area is 75.3 Å². The zero-order valence-electron chi connectivity index (χ0n) is 6.30. The van der Waals surface area contributed by atoms with Gasteiger partial charge in [-0.3, -0.25) is 4.79 Å². The van der Waals surface area contributed by atoms with E-state index in [1.807, 2.05) is 13.0 Å². The van der Waals surface area contributed by atoms with Gasteiger partial charge in [-0.1, -0.05) is 34.0 Å². The summed E-state index contributed by atoms with van der Waals surface area (Å²) >= 11 is 3.04. The summed E-state index contributed by atoms with van der Waals surface area (Å²) in [6.45, 7) is 1.86. The highest BCUT2D eigenvalue weighted by Gasteiger charge is 2.01. The molecule has 0 fully saturated rings. The number of Topliss-reactive ketones (excluding diaryl/α,β-unsaturated/α-hetero) is 1. The van der Waals surface area contributed by atoms with Crippen LogP contribution in [0.2, 0.25) is 0 Å². The molecule has 0 aromatic carbocycles. The summed E-state index contributed by atoms with van der Waals surface area (Å²) in [4.78, 5) is 11.0. The second-order valence-corrected chi connectivity index (χ2v) is 2.37. The van der Waals surface area contributed by atoms with E-state index in [9.17, 15) is 4.79 Å². The lowest BCUT2D eigenvalue weighted by Crippen LogP contribution is -2.00. The van der Waals surface area contributed by atoms with Gasteiger partial charge < -0.3 is 0 Å². The lowest BCUT2D eigenvalue weighted by Gasteiger charge is -1.90. The molecule has 0 aliphatic rings. The Morgan fingerprint density at radius 3 is 2.73 bits per heavy atom. The Hall–Kier alpha value is -0.810. The number of hydrogen-bond donors (Lipinski definition) is 0. The van der Waals surface area contributed by atoms with E-state index in [2.05, 4.69) is 21.9 Å². The molecule has 0 aromatic heterocycles. The van der Waals surface area contributed by atoms with Crippen LogP contribution in [0, 0.1) is 12.3 Å². The Morgan fingerprint density at radius 1 is 1.73 bits per heavy atom. The van der Waals surface area contributed by atoms with Crippen LogP contribution in [0.3, 0.4) is 0 Å². The average Bonchev–Trinajstić information content (AvgIpc) is 2.05. The van der Waals surface area contributed by atoms with E-state index in [1.54, 1.807) is 12.2 Å². The van der Waals surface area contributed by atoms with Gasteiger partial charge in [0.15, 0.2) is 5.78 Å². The predicted octanol–water partition coefficient (Wildman–Crippen LogP) is 2.09. The monoisotopic (exact) mass is 212 g/mol. The minimum absolute atomic E-state index is 0.0643. The van der Waals surface area contributed by atoms with Crippen LogP contribution in [-0.2, 0) is 4.79 Å². The summed E-state index contributed by atoms with van der Waals surface area (Å²) in [7, 11) is 0.